The maximum atomic E-state index is 13.6. The van der Waals surface area contributed by atoms with Gasteiger partial charge in [0.05, 0.1) is 6.04 Å². The fourth-order valence-electron chi connectivity index (χ4n) is 3.74. The van der Waals surface area contributed by atoms with Crippen LogP contribution in [0.4, 0.5) is 4.39 Å². The van der Waals surface area contributed by atoms with Gasteiger partial charge in [0.2, 0.25) is 0 Å². The Morgan fingerprint density at radius 3 is 2.06 bits per heavy atom. The van der Waals surface area contributed by atoms with Crippen molar-refractivity contribution in [2.75, 3.05) is 0 Å². The summed E-state index contributed by atoms with van der Waals surface area (Å²) in [7, 11) is 0. The molecule has 4 rings (SSSR count). The Hall–Kier alpha value is -3.70. The number of ketones is 1. The summed E-state index contributed by atoms with van der Waals surface area (Å²) in [6.45, 7) is 0. The molecule has 1 N–H and O–H groups in total. The first-order valence-electron chi connectivity index (χ1n) is 11.5. The van der Waals surface area contributed by atoms with Gasteiger partial charge < -0.3 is 5.32 Å². The van der Waals surface area contributed by atoms with Gasteiger partial charge in [0.25, 0.3) is 5.91 Å². The van der Waals surface area contributed by atoms with E-state index < -0.39 is 17.8 Å². The van der Waals surface area contributed by atoms with Crippen molar-refractivity contribution in [1.82, 2.24) is 5.32 Å². The van der Waals surface area contributed by atoms with E-state index in [1.54, 1.807) is 11.8 Å². The first-order valence-corrected chi connectivity index (χ1v) is 12.4. The molecule has 0 saturated carbocycles. The maximum Gasteiger partial charge on any atom is 0.251 e. The summed E-state index contributed by atoms with van der Waals surface area (Å²) in [5.41, 5.74) is 3.28. The van der Waals surface area contributed by atoms with Crippen molar-refractivity contribution in [2.24, 2.45) is 0 Å². The first kappa shape index (κ1) is 24.4. The lowest BCUT2D eigenvalue weighted by Crippen LogP contribution is -2.43. The summed E-state index contributed by atoms with van der Waals surface area (Å²) >= 11 is 1.74. The van der Waals surface area contributed by atoms with Gasteiger partial charge in [-0.15, -0.1) is 11.8 Å². The van der Waals surface area contributed by atoms with Crippen LogP contribution < -0.4 is 5.32 Å². The van der Waals surface area contributed by atoms with Crippen molar-refractivity contribution in [2.45, 2.75) is 29.5 Å². The summed E-state index contributed by atoms with van der Waals surface area (Å²) in [6.07, 6.45) is 0.566. The molecule has 0 bridgehead atoms. The Kier molecular flexibility index (Phi) is 8.47. The first-order chi connectivity index (χ1) is 17.1. The van der Waals surface area contributed by atoms with E-state index >= 15 is 0 Å². The molecule has 0 unspecified atom stereocenters. The average molecular weight is 484 g/mol. The number of carbonyl (C=O) groups is 2. The summed E-state index contributed by atoms with van der Waals surface area (Å²) in [5, 5.41) is 2.82. The molecule has 35 heavy (non-hydrogen) atoms. The molecule has 5 heteroatoms. The third-order valence-corrected chi connectivity index (χ3v) is 6.70. The van der Waals surface area contributed by atoms with Crippen LogP contribution in [0.3, 0.4) is 0 Å². The summed E-state index contributed by atoms with van der Waals surface area (Å²) < 4.78 is 13.6. The minimum Gasteiger partial charge on any atom is -0.342 e. The van der Waals surface area contributed by atoms with Crippen LogP contribution in [0.2, 0.25) is 0 Å². The summed E-state index contributed by atoms with van der Waals surface area (Å²) in [6, 6.07) is 32.5. The Balaban J connectivity index is 1.42. The topological polar surface area (TPSA) is 46.2 Å². The van der Waals surface area contributed by atoms with E-state index in [4.69, 9.17) is 0 Å². The van der Waals surface area contributed by atoms with E-state index in [1.165, 1.54) is 29.8 Å². The van der Waals surface area contributed by atoms with E-state index in [0.717, 1.165) is 21.8 Å². The number of amides is 1. The van der Waals surface area contributed by atoms with Gasteiger partial charge in [-0.3, -0.25) is 9.59 Å². The van der Waals surface area contributed by atoms with Gasteiger partial charge in [0.15, 0.2) is 5.78 Å². The molecule has 176 valence electrons. The molecule has 4 aromatic rings. The number of hydrogen-bond donors (Lipinski definition) is 1. The van der Waals surface area contributed by atoms with Crippen molar-refractivity contribution in [3.8, 4) is 0 Å². The molecule has 0 aliphatic carbocycles. The molecular weight excluding hydrogens is 457 g/mol. The van der Waals surface area contributed by atoms with Crippen molar-refractivity contribution in [1.29, 1.82) is 0 Å². The van der Waals surface area contributed by atoms with Crippen molar-refractivity contribution in [3.05, 3.63) is 137 Å². The van der Waals surface area contributed by atoms with Crippen LogP contribution >= 0.6 is 11.8 Å². The third kappa shape index (κ3) is 7.39. The second-order valence-electron chi connectivity index (χ2n) is 8.29. The molecular formula is C30H26FNO2S. The highest BCUT2D eigenvalue weighted by molar-refractivity contribution is 7.98. The Bertz CT molecular complexity index is 1260. The SMILES string of the molecule is O=C(N[C@@H](Cc1ccccc1)C(=O)Cc1ccc(SCc2ccccc2)cc1)c1cccc(F)c1. The number of benzene rings is 4. The molecule has 3 nitrogen and oxygen atoms in total. The van der Waals surface area contributed by atoms with Gasteiger partial charge in [-0.25, -0.2) is 4.39 Å². The molecule has 0 spiro atoms. The third-order valence-electron chi connectivity index (χ3n) is 5.61. The fraction of sp³-hybridized carbons (Fsp3) is 0.133. The van der Waals surface area contributed by atoms with Gasteiger partial charge in [-0.05, 0) is 53.4 Å². The Morgan fingerprint density at radius 1 is 0.743 bits per heavy atom. The minimum absolute atomic E-state index is 0.0942. The van der Waals surface area contributed by atoms with Crippen molar-refractivity contribution < 1.29 is 14.0 Å². The van der Waals surface area contributed by atoms with E-state index in [2.05, 4.69) is 17.4 Å². The van der Waals surface area contributed by atoms with Crippen LogP contribution in [0.25, 0.3) is 0 Å². The maximum absolute atomic E-state index is 13.6. The van der Waals surface area contributed by atoms with Crippen LogP contribution in [0.1, 0.15) is 27.0 Å². The van der Waals surface area contributed by atoms with E-state index in [0.29, 0.717) is 6.42 Å². The molecule has 0 aliphatic heterocycles. The lowest BCUT2D eigenvalue weighted by atomic mass is 9.97. The van der Waals surface area contributed by atoms with Gasteiger partial charge in [-0.1, -0.05) is 78.9 Å². The molecule has 1 amide bonds. The van der Waals surface area contributed by atoms with Gasteiger partial charge in [0, 0.05) is 22.6 Å². The van der Waals surface area contributed by atoms with Crippen LogP contribution in [0.15, 0.2) is 114 Å². The predicted octanol–water partition coefficient (Wildman–Crippen LogP) is 6.27. The molecule has 0 heterocycles. The lowest BCUT2D eigenvalue weighted by molar-refractivity contribution is -0.120. The quantitative estimate of drug-likeness (QED) is 0.270. The van der Waals surface area contributed by atoms with Crippen molar-refractivity contribution in [3.63, 3.8) is 0 Å². The number of nitrogens with one attached hydrogen (secondary N) is 1. The predicted molar refractivity (Wildman–Crippen MR) is 139 cm³/mol. The highest BCUT2D eigenvalue weighted by Crippen LogP contribution is 2.23. The lowest BCUT2D eigenvalue weighted by Gasteiger charge is -2.18. The van der Waals surface area contributed by atoms with Gasteiger partial charge >= 0.3 is 0 Å². The van der Waals surface area contributed by atoms with Gasteiger partial charge in [-0.2, -0.15) is 0 Å². The second kappa shape index (κ2) is 12.1. The summed E-state index contributed by atoms with van der Waals surface area (Å²) in [4.78, 5) is 27.1. The zero-order valence-electron chi connectivity index (χ0n) is 19.2. The largest absolute Gasteiger partial charge is 0.342 e. The van der Waals surface area contributed by atoms with E-state index in [-0.39, 0.29) is 17.8 Å². The molecule has 0 aliphatic rings. The zero-order chi connectivity index (χ0) is 24.5. The average Bonchev–Trinajstić information content (AvgIpc) is 2.89. The zero-order valence-corrected chi connectivity index (χ0v) is 20.0. The number of Topliss-reactive ketones (excluding diaryl/α,β-unsaturated/α-hetero) is 1. The highest BCUT2D eigenvalue weighted by Gasteiger charge is 2.22. The number of carbonyl (C=O) groups excluding carboxylic acids is 2. The normalized spacial score (nSPS) is 11.6. The molecule has 4 aromatic carbocycles. The molecule has 0 fully saturated rings. The number of hydrogen-bond acceptors (Lipinski definition) is 3. The van der Waals surface area contributed by atoms with Crippen LogP contribution in [0, 0.1) is 5.82 Å². The summed E-state index contributed by atoms with van der Waals surface area (Å²) in [5.74, 6) is -0.173. The van der Waals surface area contributed by atoms with E-state index in [1.807, 2.05) is 72.8 Å². The molecule has 0 aromatic heterocycles. The molecule has 0 radical (unpaired) electrons. The monoisotopic (exact) mass is 483 g/mol. The number of halogens is 1. The molecule has 0 saturated heterocycles. The Morgan fingerprint density at radius 2 is 1.40 bits per heavy atom. The minimum atomic E-state index is -0.722. The second-order valence-corrected chi connectivity index (χ2v) is 9.34. The number of rotatable bonds is 10. The van der Waals surface area contributed by atoms with Crippen LogP contribution in [-0.4, -0.2) is 17.7 Å². The van der Waals surface area contributed by atoms with Crippen LogP contribution in [-0.2, 0) is 23.4 Å². The fourth-order valence-corrected chi connectivity index (χ4v) is 4.59. The van der Waals surface area contributed by atoms with E-state index in [9.17, 15) is 14.0 Å². The number of thioether (sulfide) groups is 1. The van der Waals surface area contributed by atoms with Gasteiger partial charge in [0.1, 0.15) is 5.82 Å². The smallest absolute Gasteiger partial charge is 0.251 e. The highest BCUT2D eigenvalue weighted by atomic mass is 32.2. The standard InChI is InChI=1S/C30H26FNO2S/c31-26-13-7-12-25(20-26)30(34)32-28(18-22-8-3-1-4-9-22)29(33)19-23-14-16-27(17-15-23)35-21-24-10-5-2-6-11-24/h1-17,20,28H,18-19,21H2,(H,32,34)/t28-/m0/s1. The van der Waals surface area contributed by atoms with Crippen LogP contribution in [0.5, 0.6) is 0 Å². The Labute approximate surface area is 209 Å². The molecule has 1 atom stereocenters. The van der Waals surface area contributed by atoms with Crippen molar-refractivity contribution >= 4 is 23.5 Å².